The van der Waals surface area contributed by atoms with Crippen LogP contribution in [0.1, 0.15) is 11.8 Å². The Morgan fingerprint density at radius 2 is 2.19 bits per heavy atom. The van der Waals surface area contributed by atoms with Crippen molar-refractivity contribution in [3.63, 3.8) is 0 Å². The van der Waals surface area contributed by atoms with Gasteiger partial charge in [-0.2, -0.15) is 15.4 Å². The number of nitrogens with one attached hydrogen (secondary N) is 1. The Morgan fingerprint density at radius 1 is 1.44 bits per heavy atom. The third-order valence-electron chi connectivity index (χ3n) is 2.59. The summed E-state index contributed by atoms with van der Waals surface area (Å²) in [4.78, 5) is 0. The molecule has 1 aliphatic rings. The van der Waals surface area contributed by atoms with Gasteiger partial charge < -0.3 is 25.2 Å². The van der Waals surface area contributed by atoms with Crippen LogP contribution in [0, 0.1) is 0 Å². The predicted molar refractivity (Wildman–Crippen MR) is 49.1 cm³/mol. The Balaban J connectivity index is 2.14. The number of aromatic amines is 1. The van der Waals surface area contributed by atoms with Crippen LogP contribution in [0.2, 0.25) is 0 Å². The first kappa shape index (κ1) is 11.4. The van der Waals surface area contributed by atoms with Gasteiger partial charge in [0.1, 0.15) is 36.2 Å². The highest BCUT2D eigenvalue weighted by molar-refractivity contribution is 5.06. The maximum atomic E-state index is 9.69. The lowest BCUT2D eigenvalue weighted by Gasteiger charge is -2.18. The second-order valence-electron chi connectivity index (χ2n) is 3.65. The van der Waals surface area contributed by atoms with Crippen LogP contribution in [-0.4, -0.2) is 66.9 Å². The number of H-pyrrole nitrogens is 1. The molecule has 0 saturated carbocycles. The average molecular weight is 231 g/mol. The molecule has 0 bridgehead atoms. The molecule has 0 amide bonds. The molecule has 2 rings (SSSR count). The van der Waals surface area contributed by atoms with E-state index >= 15 is 0 Å². The normalized spacial score (nSPS) is 36.5. The summed E-state index contributed by atoms with van der Waals surface area (Å²) in [6.07, 6.45) is -4.28. The molecule has 2 heterocycles. The zero-order chi connectivity index (χ0) is 11.7. The molecular weight excluding hydrogens is 218 g/mol. The highest BCUT2D eigenvalue weighted by atomic mass is 16.6. The number of aliphatic hydroxyl groups is 4. The fourth-order valence-corrected chi connectivity index (χ4v) is 1.72. The first-order valence-corrected chi connectivity index (χ1v) is 4.81. The van der Waals surface area contributed by atoms with Gasteiger partial charge in [0.2, 0.25) is 0 Å². The van der Waals surface area contributed by atoms with Crippen molar-refractivity contribution < 1.29 is 25.2 Å². The molecule has 5 N–H and O–H groups in total. The molecule has 8 nitrogen and oxygen atoms in total. The maximum absolute atomic E-state index is 9.69. The summed E-state index contributed by atoms with van der Waals surface area (Å²) in [7, 11) is 0. The first-order valence-electron chi connectivity index (χ1n) is 4.81. The van der Waals surface area contributed by atoms with Crippen LogP contribution in [0.5, 0.6) is 0 Å². The molecule has 5 atom stereocenters. The predicted octanol–water partition coefficient (Wildman–Crippen LogP) is -2.68. The molecule has 0 aliphatic carbocycles. The number of nitrogens with zero attached hydrogens (tertiary/aromatic N) is 2. The summed E-state index contributed by atoms with van der Waals surface area (Å²) in [5.41, 5.74) is 0.333. The second kappa shape index (κ2) is 4.44. The van der Waals surface area contributed by atoms with Crippen molar-refractivity contribution in [2.45, 2.75) is 30.5 Å². The van der Waals surface area contributed by atoms with Crippen LogP contribution in [0.25, 0.3) is 0 Å². The average Bonchev–Trinajstić information content (AvgIpc) is 2.89. The quantitative estimate of drug-likeness (QED) is 0.383. The highest BCUT2D eigenvalue weighted by Gasteiger charge is 2.47. The summed E-state index contributed by atoms with van der Waals surface area (Å²) < 4.78 is 5.25. The van der Waals surface area contributed by atoms with E-state index in [0.717, 1.165) is 0 Å². The van der Waals surface area contributed by atoms with Gasteiger partial charge in [0.05, 0.1) is 12.8 Å². The van der Waals surface area contributed by atoms with Gasteiger partial charge in [0.15, 0.2) is 0 Å². The van der Waals surface area contributed by atoms with Crippen LogP contribution >= 0.6 is 0 Å². The van der Waals surface area contributed by atoms with E-state index in [2.05, 4.69) is 15.4 Å². The summed E-state index contributed by atoms with van der Waals surface area (Å²) in [5.74, 6) is 0. The molecular formula is C8H13N3O5. The van der Waals surface area contributed by atoms with Gasteiger partial charge in [0, 0.05) is 0 Å². The molecule has 1 unspecified atom stereocenters. The maximum Gasteiger partial charge on any atom is 0.132 e. The molecule has 1 aromatic rings. The lowest BCUT2D eigenvalue weighted by atomic mass is 10.0. The monoisotopic (exact) mass is 231 g/mol. The standard InChI is InChI=1S/C8H13N3O5/c12-2-4(13)8-6(15)5(14)7(16-8)3-1-9-11-10-3/h1,4-8,12-15H,2H2,(H,9,10,11)/t4-,5+,6-,7?,8-/m1/s1. The lowest BCUT2D eigenvalue weighted by molar-refractivity contribution is -0.0826. The number of hydrogen-bond acceptors (Lipinski definition) is 7. The number of hydrogen-bond donors (Lipinski definition) is 5. The third kappa shape index (κ3) is 1.81. The molecule has 0 aromatic carbocycles. The molecule has 0 radical (unpaired) electrons. The summed E-state index contributed by atoms with van der Waals surface area (Å²) >= 11 is 0. The van der Waals surface area contributed by atoms with Crippen molar-refractivity contribution in [2.75, 3.05) is 6.61 Å². The van der Waals surface area contributed by atoms with E-state index in [-0.39, 0.29) is 0 Å². The van der Waals surface area contributed by atoms with E-state index in [4.69, 9.17) is 9.84 Å². The molecule has 1 aromatic heterocycles. The Kier molecular flexibility index (Phi) is 3.17. The molecule has 90 valence electrons. The molecule has 1 saturated heterocycles. The SMILES string of the molecule is OC[C@@H](O)[C@H]1OC(c2cn[nH]n2)[C@@H](O)[C@H]1O. The van der Waals surface area contributed by atoms with Gasteiger partial charge in [-0.25, -0.2) is 0 Å². The zero-order valence-electron chi connectivity index (χ0n) is 8.26. The molecule has 1 aliphatic heterocycles. The lowest BCUT2D eigenvalue weighted by Crippen LogP contribution is -2.40. The highest BCUT2D eigenvalue weighted by Crippen LogP contribution is 2.33. The third-order valence-corrected chi connectivity index (χ3v) is 2.59. The Morgan fingerprint density at radius 3 is 2.75 bits per heavy atom. The second-order valence-corrected chi connectivity index (χ2v) is 3.65. The van der Waals surface area contributed by atoms with E-state index in [0.29, 0.717) is 5.69 Å². The molecule has 1 fully saturated rings. The fraction of sp³-hybridized carbons (Fsp3) is 0.750. The minimum atomic E-state index is -1.27. The van der Waals surface area contributed by atoms with Crippen molar-refractivity contribution in [3.05, 3.63) is 11.9 Å². The Labute approximate surface area is 90.5 Å². The first-order chi connectivity index (χ1) is 7.65. The van der Waals surface area contributed by atoms with E-state index in [1.54, 1.807) is 0 Å². The summed E-state index contributed by atoms with van der Waals surface area (Å²) in [5, 5.41) is 47.1. The topological polar surface area (TPSA) is 132 Å². The molecule has 16 heavy (non-hydrogen) atoms. The van der Waals surface area contributed by atoms with Gasteiger partial charge in [-0.15, -0.1) is 0 Å². The van der Waals surface area contributed by atoms with Crippen LogP contribution in [0.4, 0.5) is 0 Å². The summed E-state index contributed by atoms with van der Waals surface area (Å²) in [6, 6.07) is 0. The van der Waals surface area contributed by atoms with E-state index < -0.39 is 37.1 Å². The van der Waals surface area contributed by atoms with Crippen LogP contribution < -0.4 is 0 Å². The van der Waals surface area contributed by atoms with Crippen molar-refractivity contribution >= 4 is 0 Å². The van der Waals surface area contributed by atoms with Crippen LogP contribution in [-0.2, 0) is 4.74 Å². The van der Waals surface area contributed by atoms with Crippen LogP contribution in [0.15, 0.2) is 6.20 Å². The Hall–Kier alpha value is -1.06. The minimum Gasteiger partial charge on any atom is -0.394 e. The molecule has 8 heteroatoms. The van der Waals surface area contributed by atoms with Crippen molar-refractivity contribution in [1.29, 1.82) is 0 Å². The van der Waals surface area contributed by atoms with Crippen LogP contribution in [0.3, 0.4) is 0 Å². The van der Waals surface area contributed by atoms with E-state index in [1.807, 2.05) is 0 Å². The van der Waals surface area contributed by atoms with Gasteiger partial charge >= 0.3 is 0 Å². The largest absolute Gasteiger partial charge is 0.394 e. The van der Waals surface area contributed by atoms with Gasteiger partial charge in [-0.3, -0.25) is 0 Å². The number of ether oxygens (including phenoxy) is 1. The van der Waals surface area contributed by atoms with Crippen molar-refractivity contribution in [2.24, 2.45) is 0 Å². The summed E-state index contributed by atoms with van der Waals surface area (Å²) in [6.45, 7) is -0.556. The van der Waals surface area contributed by atoms with Gasteiger partial charge in [0.25, 0.3) is 0 Å². The number of aliphatic hydroxyl groups excluding tert-OH is 4. The zero-order valence-corrected chi connectivity index (χ0v) is 8.26. The van der Waals surface area contributed by atoms with Gasteiger partial charge in [-0.1, -0.05) is 0 Å². The fourth-order valence-electron chi connectivity index (χ4n) is 1.72. The number of rotatable bonds is 3. The molecule has 0 spiro atoms. The smallest absolute Gasteiger partial charge is 0.132 e. The minimum absolute atomic E-state index is 0.333. The Bertz CT molecular complexity index is 332. The van der Waals surface area contributed by atoms with Gasteiger partial charge in [-0.05, 0) is 0 Å². The van der Waals surface area contributed by atoms with Crippen molar-refractivity contribution in [3.8, 4) is 0 Å². The van der Waals surface area contributed by atoms with E-state index in [1.165, 1.54) is 6.20 Å². The number of aromatic nitrogens is 3. The van der Waals surface area contributed by atoms with Crippen molar-refractivity contribution in [1.82, 2.24) is 15.4 Å². The van der Waals surface area contributed by atoms with E-state index in [9.17, 15) is 15.3 Å².